The number of carboxylic acids is 1. The van der Waals surface area contributed by atoms with Crippen molar-refractivity contribution in [3.05, 3.63) is 42.0 Å². The van der Waals surface area contributed by atoms with Crippen LogP contribution in [-0.4, -0.2) is 48.7 Å². The van der Waals surface area contributed by atoms with Crippen molar-refractivity contribution in [2.45, 2.75) is 25.7 Å². The topological polar surface area (TPSA) is 66.8 Å². The molecule has 24 heavy (non-hydrogen) atoms. The fourth-order valence-electron chi connectivity index (χ4n) is 3.12. The molecule has 1 unspecified atom stereocenters. The molecule has 1 saturated heterocycles. The zero-order valence-electron chi connectivity index (χ0n) is 14.1. The van der Waals surface area contributed by atoms with Gasteiger partial charge in [-0.25, -0.2) is 0 Å². The van der Waals surface area contributed by atoms with E-state index in [0.29, 0.717) is 32.2 Å². The van der Waals surface area contributed by atoms with E-state index in [0.717, 1.165) is 5.56 Å². The first-order chi connectivity index (χ1) is 11.6. The minimum atomic E-state index is -0.970. The van der Waals surface area contributed by atoms with Crippen molar-refractivity contribution in [2.24, 2.45) is 5.41 Å². The summed E-state index contributed by atoms with van der Waals surface area (Å²) in [6.07, 6.45) is 6.27. The van der Waals surface area contributed by atoms with E-state index in [1.54, 1.807) is 4.90 Å². The summed E-state index contributed by atoms with van der Waals surface area (Å²) in [4.78, 5) is 25.7. The number of hydrogen-bond donors (Lipinski definition) is 1. The lowest BCUT2D eigenvalue weighted by Crippen LogP contribution is -2.52. The smallest absolute Gasteiger partial charge is 0.313 e. The van der Waals surface area contributed by atoms with Gasteiger partial charge in [-0.1, -0.05) is 42.5 Å². The van der Waals surface area contributed by atoms with Crippen molar-refractivity contribution in [3.8, 4) is 0 Å². The molecule has 1 aromatic rings. The molecule has 1 aliphatic rings. The summed E-state index contributed by atoms with van der Waals surface area (Å²) < 4.78 is 5.09. The second kappa shape index (κ2) is 8.64. The van der Waals surface area contributed by atoms with E-state index in [9.17, 15) is 14.7 Å². The van der Waals surface area contributed by atoms with Crippen molar-refractivity contribution in [3.63, 3.8) is 0 Å². The van der Waals surface area contributed by atoms with Crippen molar-refractivity contribution in [1.29, 1.82) is 0 Å². The number of rotatable bonds is 7. The number of methoxy groups -OCH3 is 1. The average Bonchev–Trinajstić information content (AvgIpc) is 2.60. The number of carboxylic acid groups (broad SMARTS) is 1. The number of ether oxygens (including phenoxy) is 1. The van der Waals surface area contributed by atoms with Gasteiger partial charge in [0.1, 0.15) is 5.41 Å². The van der Waals surface area contributed by atoms with Gasteiger partial charge in [-0.2, -0.15) is 0 Å². The second-order valence-corrected chi connectivity index (χ2v) is 6.29. The van der Waals surface area contributed by atoms with E-state index >= 15 is 0 Å². The van der Waals surface area contributed by atoms with Gasteiger partial charge in [-0.3, -0.25) is 9.59 Å². The predicted octanol–water partition coefficient (Wildman–Crippen LogP) is 2.82. The lowest BCUT2D eigenvalue weighted by molar-refractivity contribution is -0.159. The summed E-state index contributed by atoms with van der Waals surface area (Å²) in [5, 5.41) is 9.53. The average molecular weight is 331 g/mol. The third-order valence-corrected chi connectivity index (χ3v) is 4.44. The van der Waals surface area contributed by atoms with Gasteiger partial charge < -0.3 is 14.7 Å². The largest absolute Gasteiger partial charge is 0.481 e. The van der Waals surface area contributed by atoms with Gasteiger partial charge in [0.05, 0.1) is 6.61 Å². The summed E-state index contributed by atoms with van der Waals surface area (Å²) in [7, 11) is 1.50. The lowest BCUT2D eigenvalue weighted by Gasteiger charge is -2.39. The minimum absolute atomic E-state index is 0.00846. The van der Waals surface area contributed by atoms with E-state index in [4.69, 9.17) is 4.74 Å². The predicted molar refractivity (Wildman–Crippen MR) is 92.5 cm³/mol. The van der Waals surface area contributed by atoms with Crippen molar-refractivity contribution >= 4 is 18.0 Å². The Bertz CT molecular complexity index is 580. The molecule has 1 amide bonds. The van der Waals surface area contributed by atoms with Gasteiger partial charge in [0.2, 0.25) is 5.91 Å². The Labute approximate surface area is 142 Å². The summed E-state index contributed by atoms with van der Waals surface area (Å²) in [5.74, 6) is -0.875. The van der Waals surface area contributed by atoms with E-state index in [1.807, 2.05) is 42.5 Å². The van der Waals surface area contributed by atoms with E-state index in [1.165, 1.54) is 7.11 Å². The molecule has 0 aliphatic carbocycles. The molecule has 1 aromatic carbocycles. The van der Waals surface area contributed by atoms with Crippen LogP contribution in [0.4, 0.5) is 0 Å². The highest BCUT2D eigenvalue weighted by Crippen LogP contribution is 2.31. The van der Waals surface area contributed by atoms with Crippen LogP contribution < -0.4 is 0 Å². The molecule has 0 radical (unpaired) electrons. The van der Waals surface area contributed by atoms with Crippen molar-refractivity contribution < 1.29 is 19.4 Å². The molecular formula is C19H25NO4. The van der Waals surface area contributed by atoms with Crippen LogP contribution in [0.15, 0.2) is 36.4 Å². The first-order valence-corrected chi connectivity index (χ1v) is 8.29. The van der Waals surface area contributed by atoms with E-state index < -0.39 is 11.4 Å². The highest BCUT2D eigenvalue weighted by molar-refractivity contribution is 5.80. The van der Waals surface area contributed by atoms with Crippen LogP contribution in [0.25, 0.3) is 6.08 Å². The molecule has 1 N–H and O–H groups in total. The van der Waals surface area contributed by atoms with Gasteiger partial charge >= 0.3 is 5.97 Å². The number of carbonyl (C=O) groups excluding carboxylic acids is 1. The first-order valence-electron chi connectivity index (χ1n) is 8.29. The zero-order valence-corrected chi connectivity index (χ0v) is 14.1. The highest BCUT2D eigenvalue weighted by Gasteiger charge is 2.43. The maximum absolute atomic E-state index is 12.4. The molecule has 1 atom stereocenters. The monoisotopic (exact) mass is 331 g/mol. The van der Waals surface area contributed by atoms with Gasteiger partial charge in [0, 0.05) is 26.6 Å². The third kappa shape index (κ3) is 4.68. The number of benzene rings is 1. The van der Waals surface area contributed by atoms with Gasteiger partial charge in [0.15, 0.2) is 0 Å². The molecule has 2 rings (SSSR count). The van der Waals surface area contributed by atoms with Crippen molar-refractivity contribution in [2.75, 3.05) is 26.8 Å². The number of likely N-dealkylation sites (tertiary alicyclic amines) is 1. The molecule has 130 valence electrons. The Hall–Kier alpha value is -2.14. The Morgan fingerprint density at radius 1 is 1.33 bits per heavy atom. The Kier molecular flexibility index (Phi) is 6.55. The van der Waals surface area contributed by atoms with Crippen LogP contribution in [0.5, 0.6) is 0 Å². The molecule has 0 spiro atoms. The van der Waals surface area contributed by atoms with Crippen LogP contribution in [-0.2, 0) is 14.3 Å². The second-order valence-electron chi connectivity index (χ2n) is 6.29. The normalized spacial score (nSPS) is 21.1. The number of amides is 1. The molecule has 5 nitrogen and oxygen atoms in total. The first kappa shape index (κ1) is 18.2. The number of nitrogens with zero attached hydrogens (tertiary/aromatic N) is 1. The molecule has 1 aliphatic heterocycles. The lowest BCUT2D eigenvalue weighted by atomic mass is 9.80. The summed E-state index contributed by atoms with van der Waals surface area (Å²) in [5.41, 5.74) is 0.135. The number of allylic oxidation sites excluding steroid dienone is 1. The maximum Gasteiger partial charge on any atom is 0.313 e. The molecule has 1 fully saturated rings. The Morgan fingerprint density at radius 2 is 2.08 bits per heavy atom. The molecule has 0 bridgehead atoms. The number of aliphatic carboxylic acids is 1. The summed E-state index contributed by atoms with van der Waals surface area (Å²) in [6.45, 7) is 0.997. The SMILES string of the molecule is COCC1(C(=O)O)CCCN(C(=O)CC/C=C/c2ccccc2)C1. The fourth-order valence-corrected chi connectivity index (χ4v) is 3.12. The molecule has 1 heterocycles. The van der Waals surface area contributed by atoms with Crippen LogP contribution in [0, 0.1) is 5.41 Å². The van der Waals surface area contributed by atoms with Crippen molar-refractivity contribution in [1.82, 2.24) is 4.90 Å². The van der Waals surface area contributed by atoms with Crippen LogP contribution in [0.1, 0.15) is 31.2 Å². The number of piperidine rings is 1. The van der Waals surface area contributed by atoms with Gasteiger partial charge in [0.25, 0.3) is 0 Å². The Balaban J connectivity index is 1.87. The minimum Gasteiger partial charge on any atom is -0.481 e. The summed E-state index contributed by atoms with van der Waals surface area (Å²) >= 11 is 0. The fraction of sp³-hybridized carbons (Fsp3) is 0.474. The highest BCUT2D eigenvalue weighted by atomic mass is 16.5. The molecule has 0 aromatic heterocycles. The van der Waals surface area contributed by atoms with E-state index in [2.05, 4.69) is 0 Å². The van der Waals surface area contributed by atoms with Crippen LogP contribution in [0.2, 0.25) is 0 Å². The van der Waals surface area contributed by atoms with E-state index in [-0.39, 0.29) is 19.1 Å². The molecular weight excluding hydrogens is 306 g/mol. The number of hydrogen-bond acceptors (Lipinski definition) is 3. The zero-order chi connectivity index (χ0) is 17.4. The quantitative estimate of drug-likeness (QED) is 0.834. The Morgan fingerprint density at radius 3 is 2.75 bits per heavy atom. The maximum atomic E-state index is 12.4. The van der Waals surface area contributed by atoms with Gasteiger partial charge in [-0.15, -0.1) is 0 Å². The standard InChI is InChI=1S/C19H25NO4/c1-24-15-19(18(22)23)12-7-13-20(14-19)17(21)11-6-5-10-16-8-3-2-4-9-16/h2-5,8-10H,6-7,11-15H2,1H3,(H,22,23)/b10-5+. The third-order valence-electron chi connectivity index (χ3n) is 4.44. The summed E-state index contributed by atoms with van der Waals surface area (Å²) in [6, 6.07) is 9.93. The van der Waals surface area contributed by atoms with Gasteiger partial charge in [-0.05, 0) is 24.8 Å². The number of carbonyl (C=O) groups is 2. The van der Waals surface area contributed by atoms with Crippen LogP contribution in [0.3, 0.4) is 0 Å². The van der Waals surface area contributed by atoms with Crippen LogP contribution >= 0.6 is 0 Å². The molecule has 0 saturated carbocycles. The molecule has 5 heteroatoms.